The summed E-state index contributed by atoms with van der Waals surface area (Å²) in [5.41, 5.74) is 2.61. The Morgan fingerprint density at radius 2 is 2.28 bits per heavy atom. The molecule has 3 N–H and O–H groups in total. The van der Waals surface area contributed by atoms with Crippen molar-refractivity contribution in [2.45, 2.75) is 38.0 Å². The van der Waals surface area contributed by atoms with Gasteiger partial charge >= 0.3 is 0 Å². The molecule has 1 amide bonds. The van der Waals surface area contributed by atoms with Crippen LogP contribution in [-0.2, 0) is 17.8 Å². The lowest BCUT2D eigenvalue weighted by molar-refractivity contribution is -0.121. The monoisotopic (exact) mass is 339 g/mol. The Bertz CT molecular complexity index is 857. The first-order valence-corrected chi connectivity index (χ1v) is 8.55. The third-order valence-electron chi connectivity index (χ3n) is 4.84. The summed E-state index contributed by atoms with van der Waals surface area (Å²) in [4.78, 5) is 19.8. The summed E-state index contributed by atoms with van der Waals surface area (Å²) in [5, 5.41) is 17.5. The number of pyridine rings is 1. The number of hydrogen-bond donors (Lipinski definition) is 3. The number of fused-ring (bicyclic) bond motifs is 1. The van der Waals surface area contributed by atoms with E-state index in [4.69, 9.17) is 0 Å². The quantitative estimate of drug-likeness (QED) is 0.652. The lowest BCUT2D eigenvalue weighted by Crippen LogP contribution is -2.40. The molecule has 3 aromatic rings. The molecule has 0 bridgehead atoms. The van der Waals surface area contributed by atoms with Gasteiger partial charge in [0.1, 0.15) is 0 Å². The molecule has 0 saturated heterocycles. The molecular weight excluding hydrogens is 318 g/mol. The Hall–Kier alpha value is -2.67. The van der Waals surface area contributed by atoms with Crippen LogP contribution in [-0.4, -0.2) is 42.9 Å². The highest BCUT2D eigenvalue weighted by Crippen LogP contribution is 2.27. The van der Waals surface area contributed by atoms with Crippen LogP contribution in [0.5, 0.6) is 0 Å². The molecule has 7 nitrogen and oxygen atoms in total. The van der Waals surface area contributed by atoms with E-state index in [9.17, 15) is 9.90 Å². The van der Waals surface area contributed by atoms with Crippen LogP contribution < -0.4 is 5.32 Å². The maximum atomic E-state index is 12.4. The highest BCUT2D eigenvalue weighted by atomic mass is 16.3. The lowest BCUT2D eigenvalue weighted by atomic mass is 10.1. The van der Waals surface area contributed by atoms with Crippen molar-refractivity contribution in [2.75, 3.05) is 0 Å². The van der Waals surface area contributed by atoms with E-state index in [-0.39, 0.29) is 18.4 Å². The second-order valence-electron chi connectivity index (χ2n) is 6.70. The van der Waals surface area contributed by atoms with E-state index >= 15 is 0 Å². The predicted molar refractivity (Wildman–Crippen MR) is 92.7 cm³/mol. The zero-order valence-electron chi connectivity index (χ0n) is 13.8. The van der Waals surface area contributed by atoms with E-state index < -0.39 is 6.10 Å². The number of nitrogens with zero attached hydrogens (tertiary/aromatic N) is 3. The number of nitrogens with one attached hydrogen (secondary N) is 2. The van der Waals surface area contributed by atoms with Gasteiger partial charge in [0.15, 0.2) is 0 Å². The summed E-state index contributed by atoms with van der Waals surface area (Å²) >= 11 is 0. The van der Waals surface area contributed by atoms with E-state index in [1.807, 2.05) is 35.3 Å². The second kappa shape index (κ2) is 6.68. The van der Waals surface area contributed by atoms with Crippen molar-refractivity contribution in [1.82, 2.24) is 25.1 Å². The first-order chi connectivity index (χ1) is 12.2. The van der Waals surface area contributed by atoms with E-state index in [0.717, 1.165) is 29.6 Å². The largest absolute Gasteiger partial charge is 0.391 e. The van der Waals surface area contributed by atoms with Gasteiger partial charge in [0.2, 0.25) is 5.91 Å². The normalized spacial score (nSPS) is 23.2. The highest BCUT2D eigenvalue weighted by Gasteiger charge is 2.34. The number of aromatic amines is 1. The van der Waals surface area contributed by atoms with E-state index in [1.165, 1.54) is 0 Å². The number of carbonyl (C=O) groups is 1. The first kappa shape index (κ1) is 15.8. The van der Waals surface area contributed by atoms with Crippen molar-refractivity contribution >= 4 is 16.9 Å². The SMILES string of the molecule is O=C(Cc1c[nH]c2cccnc12)N[C@@H]1CC(Cn2cccn2)C[C@H]1O. The number of aromatic nitrogens is 4. The molecule has 0 spiro atoms. The van der Waals surface area contributed by atoms with Gasteiger partial charge in [0.05, 0.1) is 29.6 Å². The van der Waals surface area contributed by atoms with Crippen LogP contribution in [0.1, 0.15) is 18.4 Å². The average molecular weight is 339 g/mol. The van der Waals surface area contributed by atoms with Gasteiger partial charge in [-0.3, -0.25) is 14.5 Å². The van der Waals surface area contributed by atoms with Gasteiger partial charge in [0, 0.05) is 36.9 Å². The summed E-state index contributed by atoms with van der Waals surface area (Å²) in [6.07, 6.45) is 8.40. The van der Waals surface area contributed by atoms with Crippen LogP contribution in [0.2, 0.25) is 0 Å². The number of aliphatic hydroxyl groups excluding tert-OH is 1. The lowest BCUT2D eigenvalue weighted by Gasteiger charge is -2.16. The standard InChI is InChI=1S/C18H21N5O2/c24-16-8-12(11-23-6-2-5-21-23)7-15(16)22-17(25)9-13-10-20-14-3-1-4-19-18(13)14/h1-6,10,12,15-16,20,24H,7-9,11H2,(H,22,25)/t12?,15-,16-/m1/s1. The van der Waals surface area contributed by atoms with Gasteiger partial charge in [0.25, 0.3) is 0 Å². The zero-order chi connectivity index (χ0) is 17.2. The number of hydrogen-bond acceptors (Lipinski definition) is 4. The fourth-order valence-electron chi connectivity index (χ4n) is 3.67. The van der Waals surface area contributed by atoms with Gasteiger partial charge in [-0.25, -0.2) is 0 Å². The van der Waals surface area contributed by atoms with Crippen LogP contribution in [0.3, 0.4) is 0 Å². The topological polar surface area (TPSA) is 95.8 Å². The maximum absolute atomic E-state index is 12.4. The van der Waals surface area contributed by atoms with Crippen molar-refractivity contribution in [3.63, 3.8) is 0 Å². The summed E-state index contributed by atoms with van der Waals surface area (Å²) in [7, 11) is 0. The minimum Gasteiger partial charge on any atom is -0.391 e. The van der Waals surface area contributed by atoms with Crippen LogP contribution in [0.25, 0.3) is 11.0 Å². The summed E-state index contributed by atoms with van der Waals surface area (Å²) in [6.45, 7) is 0.767. The van der Waals surface area contributed by atoms with E-state index in [1.54, 1.807) is 12.4 Å². The number of aliphatic hydroxyl groups is 1. The second-order valence-corrected chi connectivity index (χ2v) is 6.70. The van der Waals surface area contributed by atoms with Crippen LogP contribution in [0.4, 0.5) is 0 Å². The average Bonchev–Trinajstić information content (AvgIpc) is 3.31. The number of H-pyrrole nitrogens is 1. The molecule has 1 unspecified atom stereocenters. The Kier molecular flexibility index (Phi) is 4.23. The molecule has 4 rings (SSSR count). The molecule has 0 radical (unpaired) electrons. The molecule has 130 valence electrons. The Balaban J connectivity index is 1.36. The van der Waals surface area contributed by atoms with Crippen molar-refractivity contribution in [2.24, 2.45) is 5.92 Å². The van der Waals surface area contributed by atoms with Gasteiger partial charge in [-0.2, -0.15) is 5.10 Å². The predicted octanol–water partition coefficient (Wildman–Crippen LogP) is 1.26. The molecule has 25 heavy (non-hydrogen) atoms. The van der Waals surface area contributed by atoms with Crippen LogP contribution >= 0.6 is 0 Å². The van der Waals surface area contributed by atoms with Crippen LogP contribution in [0, 0.1) is 5.92 Å². The maximum Gasteiger partial charge on any atom is 0.224 e. The van der Waals surface area contributed by atoms with Gasteiger partial charge in [-0.05, 0) is 37.0 Å². The molecule has 1 saturated carbocycles. The van der Waals surface area contributed by atoms with Crippen LogP contribution in [0.15, 0.2) is 43.0 Å². The van der Waals surface area contributed by atoms with Crippen molar-refractivity contribution in [3.8, 4) is 0 Å². The number of rotatable bonds is 5. The molecule has 1 aliphatic carbocycles. The Morgan fingerprint density at radius 3 is 3.12 bits per heavy atom. The smallest absolute Gasteiger partial charge is 0.224 e. The van der Waals surface area contributed by atoms with E-state index in [2.05, 4.69) is 20.4 Å². The molecule has 1 aliphatic rings. The number of amides is 1. The molecule has 3 aromatic heterocycles. The summed E-state index contributed by atoms with van der Waals surface area (Å²) < 4.78 is 1.87. The minimum absolute atomic E-state index is 0.0876. The van der Waals surface area contributed by atoms with Gasteiger partial charge in [-0.15, -0.1) is 0 Å². The molecule has 1 fully saturated rings. The first-order valence-electron chi connectivity index (χ1n) is 8.55. The van der Waals surface area contributed by atoms with Crippen molar-refractivity contribution in [3.05, 3.63) is 48.5 Å². The molecule has 3 atom stereocenters. The van der Waals surface area contributed by atoms with Crippen molar-refractivity contribution < 1.29 is 9.90 Å². The third kappa shape index (κ3) is 3.41. The minimum atomic E-state index is -0.509. The number of carbonyl (C=O) groups excluding carboxylic acids is 1. The van der Waals surface area contributed by atoms with E-state index in [0.29, 0.717) is 12.3 Å². The van der Waals surface area contributed by atoms with Gasteiger partial charge < -0.3 is 15.4 Å². The van der Waals surface area contributed by atoms with Crippen molar-refractivity contribution in [1.29, 1.82) is 0 Å². The fourth-order valence-corrected chi connectivity index (χ4v) is 3.67. The highest BCUT2D eigenvalue weighted by molar-refractivity contribution is 5.86. The van der Waals surface area contributed by atoms with Gasteiger partial charge in [-0.1, -0.05) is 0 Å². The zero-order valence-corrected chi connectivity index (χ0v) is 13.8. The Labute approximate surface area is 145 Å². The molecule has 0 aromatic carbocycles. The summed E-state index contributed by atoms with van der Waals surface area (Å²) in [5.74, 6) is 0.227. The Morgan fingerprint density at radius 1 is 1.36 bits per heavy atom. The molecule has 7 heteroatoms. The summed E-state index contributed by atoms with van der Waals surface area (Å²) in [6, 6.07) is 5.48. The molecule has 0 aliphatic heterocycles. The molecule has 3 heterocycles. The fraction of sp³-hybridized carbons (Fsp3) is 0.389. The molecular formula is C18H21N5O2. The third-order valence-corrected chi connectivity index (χ3v) is 4.84.